The number of hydrogen-bond donors (Lipinski definition) is 1. The monoisotopic (exact) mass is 357 g/mol. The zero-order valence-electron chi connectivity index (χ0n) is 13.5. The van der Waals surface area contributed by atoms with Crippen LogP contribution in [0.3, 0.4) is 0 Å². The van der Waals surface area contributed by atoms with Crippen LogP contribution in [0.2, 0.25) is 5.15 Å². The van der Waals surface area contributed by atoms with E-state index in [0.717, 1.165) is 23.1 Å². The maximum absolute atomic E-state index is 10.7. The maximum atomic E-state index is 10.7. The molecule has 0 bridgehead atoms. The topological polar surface area (TPSA) is 77.3 Å². The van der Waals surface area contributed by atoms with Gasteiger partial charge in [0.1, 0.15) is 16.4 Å². The lowest BCUT2D eigenvalue weighted by atomic mass is 10.1. The molecule has 6 nitrogen and oxygen atoms in total. The van der Waals surface area contributed by atoms with Crippen LogP contribution in [-0.4, -0.2) is 23.6 Å². The van der Waals surface area contributed by atoms with E-state index in [1.165, 1.54) is 12.1 Å². The number of para-hydroxylation sites is 1. The number of hydrogen-bond acceptors (Lipinski definition) is 5. The number of nitrogens with one attached hydrogen (secondary N) is 1. The summed E-state index contributed by atoms with van der Waals surface area (Å²) in [4.78, 5) is 14.6. The fraction of sp³-hybridized carbons (Fsp3) is 0.167. The number of rotatable bonds is 6. The molecule has 0 fully saturated rings. The number of pyridine rings is 1. The minimum absolute atomic E-state index is 0.0933. The zero-order chi connectivity index (χ0) is 17.8. The summed E-state index contributed by atoms with van der Waals surface area (Å²) in [6.07, 6.45) is 0.726. The molecule has 7 heteroatoms. The Bertz CT molecular complexity index is 913. The van der Waals surface area contributed by atoms with Crippen LogP contribution >= 0.6 is 11.6 Å². The van der Waals surface area contributed by atoms with Gasteiger partial charge in [0, 0.05) is 29.8 Å². The standard InChI is InChI=1S/C18H16ClN3O3/c1-25-16-4-2-3-14-15(11-17(19)21-18(14)16)20-10-9-12-5-7-13(8-6-12)22(23)24/h2-8,11H,9-10H2,1H3,(H,20,21). The first kappa shape index (κ1) is 17.0. The fourth-order valence-corrected chi connectivity index (χ4v) is 2.82. The molecule has 0 saturated carbocycles. The van der Waals surface area contributed by atoms with Crippen LogP contribution in [-0.2, 0) is 6.42 Å². The fourth-order valence-electron chi connectivity index (χ4n) is 2.63. The first-order chi connectivity index (χ1) is 12.1. The van der Waals surface area contributed by atoms with Crippen LogP contribution < -0.4 is 10.1 Å². The maximum Gasteiger partial charge on any atom is 0.269 e. The van der Waals surface area contributed by atoms with E-state index in [9.17, 15) is 10.1 Å². The van der Waals surface area contributed by atoms with Gasteiger partial charge in [-0.2, -0.15) is 0 Å². The molecule has 0 aliphatic carbocycles. The average molecular weight is 358 g/mol. The van der Waals surface area contributed by atoms with Gasteiger partial charge in [-0.3, -0.25) is 10.1 Å². The number of aromatic nitrogens is 1. The summed E-state index contributed by atoms with van der Waals surface area (Å²) in [5.41, 5.74) is 2.68. The molecule has 3 rings (SSSR count). The minimum atomic E-state index is -0.402. The lowest BCUT2D eigenvalue weighted by molar-refractivity contribution is -0.384. The minimum Gasteiger partial charge on any atom is -0.494 e. The summed E-state index contributed by atoms with van der Waals surface area (Å²) < 4.78 is 5.34. The molecule has 0 spiro atoms. The van der Waals surface area contributed by atoms with Crippen molar-refractivity contribution in [2.45, 2.75) is 6.42 Å². The number of methoxy groups -OCH3 is 1. The molecular formula is C18H16ClN3O3. The Morgan fingerprint density at radius 1 is 1.24 bits per heavy atom. The highest BCUT2D eigenvalue weighted by atomic mass is 35.5. The molecule has 0 saturated heterocycles. The number of non-ortho nitro benzene ring substituents is 1. The Kier molecular flexibility index (Phi) is 5.00. The SMILES string of the molecule is COc1cccc2c(NCCc3ccc([N+](=O)[O-])cc3)cc(Cl)nc12. The van der Waals surface area contributed by atoms with Crippen molar-refractivity contribution in [1.82, 2.24) is 4.98 Å². The van der Waals surface area contributed by atoms with Crippen molar-refractivity contribution in [3.05, 3.63) is 69.4 Å². The highest BCUT2D eigenvalue weighted by molar-refractivity contribution is 6.30. The van der Waals surface area contributed by atoms with Gasteiger partial charge in [-0.05, 0) is 24.1 Å². The predicted octanol–water partition coefficient (Wildman–Crippen LogP) is 4.46. The van der Waals surface area contributed by atoms with Crippen LogP contribution in [0.5, 0.6) is 5.75 Å². The second-order valence-corrected chi connectivity index (χ2v) is 5.84. The van der Waals surface area contributed by atoms with Gasteiger partial charge in [-0.25, -0.2) is 4.98 Å². The molecule has 25 heavy (non-hydrogen) atoms. The Labute approximate surface area is 149 Å². The van der Waals surface area contributed by atoms with Crippen molar-refractivity contribution in [3.63, 3.8) is 0 Å². The van der Waals surface area contributed by atoms with Crippen LogP contribution in [0.15, 0.2) is 48.5 Å². The summed E-state index contributed by atoms with van der Waals surface area (Å²) in [5, 5.41) is 15.3. The van der Waals surface area contributed by atoms with E-state index in [-0.39, 0.29) is 5.69 Å². The number of nitro benzene ring substituents is 1. The van der Waals surface area contributed by atoms with Crippen molar-refractivity contribution < 1.29 is 9.66 Å². The molecule has 0 aliphatic heterocycles. The third-order valence-electron chi connectivity index (χ3n) is 3.87. The predicted molar refractivity (Wildman–Crippen MR) is 98.6 cm³/mol. The van der Waals surface area contributed by atoms with Gasteiger partial charge in [0.15, 0.2) is 0 Å². The van der Waals surface area contributed by atoms with Gasteiger partial charge in [-0.1, -0.05) is 35.9 Å². The van der Waals surface area contributed by atoms with E-state index in [1.54, 1.807) is 25.3 Å². The number of anilines is 1. The van der Waals surface area contributed by atoms with Crippen molar-refractivity contribution in [3.8, 4) is 5.75 Å². The first-order valence-electron chi connectivity index (χ1n) is 7.69. The van der Waals surface area contributed by atoms with Crippen molar-refractivity contribution in [2.75, 3.05) is 19.0 Å². The zero-order valence-corrected chi connectivity index (χ0v) is 14.3. The van der Waals surface area contributed by atoms with E-state index >= 15 is 0 Å². The van der Waals surface area contributed by atoms with Crippen LogP contribution in [0, 0.1) is 10.1 Å². The van der Waals surface area contributed by atoms with Gasteiger partial charge in [0.25, 0.3) is 5.69 Å². The van der Waals surface area contributed by atoms with Crippen LogP contribution in [0.4, 0.5) is 11.4 Å². The summed E-state index contributed by atoms with van der Waals surface area (Å²) in [6.45, 7) is 0.657. The average Bonchev–Trinajstić information content (AvgIpc) is 2.61. The molecule has 1 N–H and O–H groups in total. The molecule has 0 aliphatic rings. The molecule has 1 heterocycles. The highest BCUT2D eigenvalue weighted by Crippen LogP contribution is 2.31. The van der Waals surface area contributed by atoms with E-state index in [1.807, 2.05) is 18.2 Å². The molecule has 128 valence electrons. The Hall–Kier alpha value is -2.86. The normalized spacial score (nSPS) is 10.6. The summed E-state index contributed by atoms with van der Waals surface area (Å²) in [5.74, 6) is 0.665. The molecule has 2 aromatic carbocycles. The summed E-state index contributed by atoms with van der Waals surface area (Å²) >= 11 is 6.13. The number of nitro groups is 1. The van der Waals surface area contributed by atoms with Gasteiger partial charge in [0.05, 0.1) is 12.0 Å². The lowest BCUT2D eigenvalue weighted by Gasteiger charge is -2.12. The largest absolute Gasteiger partial charge is 0.494 e. The molecule has 1 aromatic heterocycles. The molecule has 0 atom stereocenters. The molecular weight excluding hydrogens is 342 g/mol. The number of benzene rings is 2. The van der Waals surface area contributed by atoms with Gasteiger partial charge >= 0.3 is 0 Å². The van der Waals surface area contributed by atoms with Crippen LogP contribution in [0.25, 0.3) is 10.9 Å². The van der Waals surface area contributed by atoms with Crippen LogP contribution in [0.1, 0.15) is 5.56 Å². The third kappa shape index (κ3) is 3.80. The molecule has 0 amide bonds. The number of halogens is 1. The lowest BCUT2D eigenvalue weighted by Crippen LogP contribution is -2.06. The molecule has 3 aromatic rings. The second-order valence-electron chi connectivity index (χ2n) is 5.45. The van der Waals surface area contributed by atoms with E-state index in [4.69, 9.17) is 16.3 Å². The van der Waals surface area contributed by atoms with Gasteiger partial charge in [-0.15, -0.1) is 0 Å². The summed E-state index contributed by atoms with van der Waals surface area (Å²) in [6, 6.07) is 14.0. The van der Waals surface area contributed by atoms with Crippen molar-refractivity contribution in [2.24, 2.45) is 0 Å². The molecule has 0 unspecified atom stereocenters. The summed E-state index contributed by atoms with van der Waals surface area (Å²) in [7, 11) is 1.60. The third-order valence-corrected chi connectivity index (χ3v) is 4.06. The van der Waals surface area contributed by atoms with E-state index in [2.05, 4.69) is 10.3 Å². The Balaban J connectivity index is 1.76. The number of fused-ring (bicyclic) bond motifs is 1. The number of ether oxygens (including phenoxy) is 1. The van der Waals surface area contributed by atoms with E-state index < -0.39 is 4.92 Å². The molecule has 0 radical (unpaired) electrons. The van der Waals surface area contributed by atoms with Gasteiger partial charge < -0.3 is 10.1 Å². The van der Waals surface area contributed by atoms with Crippen molar-refractivity contribution >= 4 is 33.9 Å². The second kappa shape index (κ2) is 7.36. The highest BCUT2D eigenvalue weighted by Gasteiger charge is 2.09. The number of nitrogens with zero attached hydrogens (tertiary/aromatic N) is 2. The van der Waals surface area contributed by atoms with Crippen molar-refractivity contribution in [1.29, 1.82) is 0 Å². The Morgan fingerprint density at radius 2 is 2.00 bits per heavy atom. The Morgan fingerprint density at radius 3 is 2.68 bits per heavy atom. The smallest absolute Gasteiger partial charge is 0.269 e. The van der Waals surface area contributed by atoms with E-state index in [0.29, 0.717) is 23.0 Å². The van der Waals surface area contributed by atoms with Gasteiger partial charge in [0.2, 0.25) is 0 Å². The first-order valence-corrected chi connectivity index (χ1v) is 8.07. The quantitative estimate of drug-likeness (QED) is 0.400.